The minimum Gasteiger partial charge on any atom is -0.497 e. The minimum atomic E-state index is -0.656. The third-order valence-corrected chi connectivity index (χ3v) is 7.12. The maximum absolute atomic E-state index is 12.6. The number of pyridine rings is 1. The molecule has 2 N–H and O–H groups in total. The van der Waals surface area contributed by atoms with Crippen molar-refractivity contribution >= 4 is 28.8 Å². The van der Waals surface area contributed by atoms with Gasteiger partial charge in [0.15, 0.2) is 0 Å². The Morgan fingerprint density at radius 3 is 2.43 bits per heavy atom. The average molecular weight is 494 g/mol. The molecular weight excluding hydrogens is 462 g/mol. The standard InChI is InChI=1S/C26H31N5O3S/c1-19(29-26(33)25(32)28-18-20-6-3-4-12-27-20)24(23-7-5-17-35-23)31-15-13-30(14-16-31)21-8-10-22(34-2)11-9-21/h3-12,17,19,24H,13-16,18H2,1-2H3,(H,28,32)(H,29,33)/t19-,24+/m1/s1. The molecule has 1 fully saturated rings. The SMILES string of the molecule is COc1ccc(N2CCN([C@H](c3cccs3)[C@@H](C)NC(=O)C(=O)NCc3ccccn3)CC2)cc1. The van der Waals surface area contributed by atoms with Crippen LogP contribution in [-0.2, 0) is 16.1 Å². The van der Waals surface area contributed by atoms with Gasteiger partial charge >= 0.3 is 11.8 Å². The molecular formula is C26H31N5O3S. The number of benzene rings is 1. The summed E-state index contributed by atoms with van der Waals surface area (Å²) >= 11 is 1.67. The number of methoxy groups -OCH3 is 1. The fourth-order valence-electron chi connectivity index (χ4n) is 4.36. The highest BCUT2D eigenvalue weighted by molar-refractivity contribution is 7.10. The zero-order chi connectivity index (χ0) is 24.6. The molecule has 1 saturated heterocycles. The molecule has 8 nitrogen and oxygen atoms in total. The van der Waals surface area contributed by atoms with E-state index in [0.717, 1.165) is 31.9 Å². The lowest BCUT2D eigenvalue weighted by atomic mass is 10.0. The van der Waals surface area contributed by atoms with Gasteiger partial charge in [0.1, 0.15) is 5.75 Å². The Morgan fingerprint density at radius 1 is 1.03 bits per heavy atom. The molecule has 0 bridgehead atoms. The molecule has 2 atom stereocenters. The Hall–Kier alpha value is -3.43. The van der Waals surface area contributed by atoms with Gasteiger partial charge in [-0.3, -0.25) is 19.5 Å². The lowest BCUT2D eigenvalue weighted by Crippen LogP contribution is -2.53. The van der Waals surface area contributed by atoms with E-state index in [0.29, 0.717) is 5.69 Å². The molecule has 1 aliphatic rings. The zero-order valence-corrected chi connectivity index (χ0v) is 20.8. The third-order valence-electron chi connectivity index (χ3n) is 6.17. The molecule has 184 valence electrons. The summed E-state index contributed by atoms with van der Waals surface area (Å²) < 4.78 is 5.27. The predicted octanol–water partition coefficient (Wildman–Crippen LogP) is 2.84. The van der Waals surface area contributed by atoms with Crippen molar-refractivity contribution in [3.8, 4) is 5.75 Å². The molecule has 2 aromatic heterocycles. The summed E-state index contributed by atoms with van der Waals surface area (Å²) in [6.07, 6.45) is 1.66. The van der Waals surface area contributed by atoms with E-state index < -0.39 is 11.8 Å². The van der Waals surface area contributed by atoms with E-state index in [4.69, 9.17) is 4.74 Å². The van der Waals surface area contributed by atoms with Gasteiger partial charge < -0.3 is 20.3 Å². The number of aromatic nitrogens is 1. The van der Waals surface area contributed by atoms with Crippen LogP contribution in [0.2, 0.25) is 0 Å². The van der Waals surface area contributed by atoms with Gasteiger partial charge in [-0.05, 0) is 54.8 Å². The third kappa shape index (κ3) is 6.37. The number of carbonyl (C=O) groups is 2. The summed E-state index contributed by atoms with van der Waals surface area (Å²) in [7, 11) is 1.67. The molecule has 35 heavy (non-hydrogen) atoms. The first-order valence-electron chi connectivity index (χ1n) is 11.7. The molecule has 0 spiro atoms. The van der Waals surface area contributed by atoms with E-state index in [9.17, 15) is 9.59 Å². The number of ether oxygens (including phenoxy) is 1. The van der Waals surface area contributed by atoms with E-state index in [1.54, 1.807) is 36.8 Å². The first-order valence-corrected chi connectivity index (χ1v) is 12.6. The molecule has 0 unspecified atom stereocenters. The minimum absolute atomic E-state index is 0.0134. The smallest absolute Gasteiger partial charge is 0.309 e. The summed E-state index contributed by atoms with van der Waals surface area (Å²) in [5, 5.41) is 7.62. The highest BCUT2D eigenvalue weighted by Crippen LogP contribution is 2.30. The summed E-state index contributed by atoms with van der Waals surface area (Å²) in [4.78, 5) is 35.1. The van der Waals surface area contributed by atoms with Gasteiger partial charge in [0.2, 0.25) is 0 Å². The van der Waals surface area contributed by atoms with Crippen LogP contribution in [0.5, 0.6) is 5.75 Å². The van der Waals surface area contributed by atoms with Crippen LogP contribution < -0.4 is 20.3 Å². The van der Waals surface area contributed by atoms with Crippen LogP contribution in [-0.4, -0.2) is 61.0 Å². The lowest BCUT2D eigenvalue weighted by molar-refractivity contribution is -0.140. The van der Waals surface area contributed by atoms with Crippen LogP contribution in [0.1, 0.15) is 23.5 Å². The van der Waals surface area contributed by atoms with E-state index >= 15 is 0 Å². The van der Waals surface area contributed by atoms with Crippen molar-refractivity contribution in [1.29, 1.82) is 0 Å². The maximum atomic E-state index is 12.6. The van der Waals surface area contributed by atoms with Crippen molar-refractivity contribution < 1.29 is 14.3 Å². The number of hydrogen-bond donors (Lipinski definition) is 2. The highest BCUT2D eigenvalue weighted by Gasteiger charge is 2.32. The topological polar surface area (TPSA) is 86.8 Å². The Morgan fingerprint density at radius 2 is 1.80 bits per heavy atom. The van der Waals surface area contributed by atoms with Crippen molar-refractivity contribution in [3.63, 3.8) is 0 Å². The Balaban J connectivity index is 1.36. The van der Waals surface area contributed by atoms with Gasteiger partial charge in [0.05, 0.1) is 25.4 Å². The molecule has 0 aliphatic carbocycles. The molecule has 1 aromatic carbocycles. The summed E-state index contributed by atoms with van der Waals surface area (Å²) in [6, 6.07) is 17.4. The monoisotopic (exact) mass is 493 g/mol. The summed E-state index contributed by atoms with van der Waals surface area (Å²) in [5.74, 6) is -0.442. The van der Waals surface area contributed by atoms with Crippen molar-refractivity contribution in [2.45, 2.75) is 25.6 Å². The molecule has 4 rings (SSSR count). The first-order chi connectivity index (χ1) is 17.0. The molecule has 0 saturated carbocycles. The second-order valence-electron chi connectivity index (χ2n) is 8.45. The van der Waals surface area contributed by atoms with Crippen LogP contribution in [0.4, 0.5) is 5.69 Å². The van der Waals surface area contributed by atoms with Gasteiger partial charge in [-0.2, -0.15) is 0 Å². The Labute approximate surface area is 209 Å². The quantitative estimate of drug-likeness (QED) is 0.470. The summed E-state index contributed by atoms with van der Waals surface area (Å²) in [6.45, 7) is 5.62. The van der Waals surface area contributed by atoms with E-state index in [1.807, 2.05) is 36.6 Å². The predicted molar refractivity (Wildman–Crippen MR) is 138 cm³/mol. The fraction of sp³-hybridized carbons (Fsp3) is 0.346. The normalized spacial score (nSPS) is 15.8. The average Bonchev–Trinajstić information content (AvgIpc) is 3.43. The van der Waals surface area contributed by atoms with Gasteiger partial charge in [0, 0.05) is 49.0 Å². The van der Waals surface area contributed by atoms with Crippen LogP contribution >= 0.6 is 11.3 Å². The van der Waals surface area contributed by atoms with Crippen LogP contribution in [0.3, 0.4) is 0 Å². The highest BCUT2D eigenvalue weighted by atomic mass is 32.1. The van der Waals surface area contributed by atoms with Gasteiger partial charge in [0.25, 0.3) is 0 Å². The van der Waals surface area contributed by atoms with Crippen molar-refractivity contribution in [2.75, 3.05) is 38.2 Å². The van der Waals surface area contributed by atoms with Crippen molar-refractivity contribution in [2.24, 2.45) is 0 Å². The second-order valence-corrected chi connectivity index (χ2v) is 9.43. The second kappa shape index (κ2) is 11.8. The van der Waals surface area contributed by atoms with Crippen molar-refractivity contribution in [1.82, 2.24) is 20.5 Å². The van der Waals surface area contributed by atoms with E-state index in [-0.39, 0.29) is 18.6 Å². The molecule has 0 radical (unpaired) electrons. The lowest BCUT2D eigenvalue weighted by Gasteiger charge is -2.42. The Kier molecular flexibility index (Phi) is 8.33. The van der Waals surface area contributed by atoms with Crippen LogP contribution in [0, 0.1) is 0 Å². The number of piperazine rings is 1. The van der Waals surface area contributed by atoms with Gasteiger partial charge in [-0.25, -0.2) is 0 Å². The van der Waals surface area contributed by atoms with E-state index in [1.165, 1.54) is 10.6 Å². The van der Waals surface area contributed by atoms with Gasteiger partial charge in [-0.15, -0.1) is 11.3 Å². The number of anilines is 1. The number of nitrogens with one attached hydrogen (secondary N) is 2. The first kappa shape index (κ1) is 24.7. The number of nitrogens with zero attached hydrogens (tertiary/aromatic N) is 3. The largest absolute Gasteiger partial charge is 0.497 e. The Bertz CT molecular complexity index is 1080. The van der Waals surface area contributed by atoms with E-state index in [2.05, 4.69) is 43.6 Å². The summed E-state index contributed by atoms with van der Waals surface area (Å²) in [5.41, 5.74) is 1.87. The van der Waals surface area contributed by atoms with Crippen LogP contribution in [0.15, 0.2) is 66.2 Å². The molecule has 2 amide bonds. The number of amides is 2. The van der Waals surface area contributed by atoms with Gasteiger partial charge in [-0.1, -0.05) is 12.1 Å². The number of rotatable bonds is 8. The molecule has 3 aromatic rings. The number of hydrogen-bond acceptors (Lipinski definition) is 7. The molecule has 1 aliphatic heterocycles. The molecule has 3 heterocycles. The maximum Gasteiger partial charge on any atom is 0.309 e. The van der Waals surface area contributed by atoms with Crippen molar-refractivity contribution in [3.05, 3.63) is 76.7 Å². The molecule has 9 heteroatoms. The fourth-order valence-corrected chi connectivity index (χ4v) is 5.32. The van der Waals surface area contributed by atoms with Crippen LogP contribution in [0.25, 0.3) is 0 Å². The number of thiophene rings is 1. The zero-order valence-electron chi connectivity index (χ0n) is 20.0. The number of carbonyl (C=O) groups excluding carboxylic acids is 2.